The topological polar surface area (TPSA) is 60.2 Å². The minimum atomic E-state index is 0.0146. The minimum absolute atomic E-state index is 0.0146. The number of nitrogens with zero attached hydrogens (tertiary/aromatic N) is 1. The molecule has 0 spiro atoms. The van der Waals surface area contributed by atoms with Crippen molar-refractivity contribution in [3.8, 4) is 5.88 Å². The molecule has 0 bridgehead atoms. The van der Waals surface area contributed by atoms with Crippen LogP contribution in [0.5, 0.6) is 5.88 Å². The molecule has 0 unspecified atom stereocenters. The van der Waals surface area contributed by atoms with Crippen LogP contribution in [0.4, 0.5) is 11.4 Å². The lowest BCUT2D eigenvalue weighted by molar-refractivity contribution is 0.398. The first-order valence-electron chi connectivity index (χ1n) is 6.02. The largest absolute Gasteiger partial charge is 0.481 e. The van der Waals surface area contributed by atoms with E-state index < -0.39 is 0 Å². The number of nitrogen functional groups attached to an aromatic ring is 1. The van der Waals surface area contributed by atoms with Crippen LogP contribution in [-0.2, 0) is 0 Å². The number of anilines is 2. The van der Waals surface area contributed by atoms with Crippen LogP contribution >= 0.6 is 23.2 Å². The van der Waals surface area contributed by atoms with Crippen molar-refractivity contribution in [3.63, 3.8) is 0 Å². The Morgan fingerprint density at radius 3 is 2.40 bits per heavy atom. The van der Waals surface area contributed by atoms with Crippen molar-refractivity contribution in [1.82, 2.24) is 4.98 Å². The highest BCUT2D eigenvalue weighted by Gasteiger charge is 2.11. The van der Waals surface area contributed by atoms with Gasteiger partial charge in [-0.3, -0.25) is 0 Å². The van der Waals surface area contributed by atoms with Gasteiger partial charge in [-0.1, -0.05) is 23.2 Å². The molecule has 3 N–H and O–H groups in total. The van der Waals surface area contributed by atoms with Crippen LogP contribution in [0.3, 0.4) is 0 Å². The number of nitrogens with two attached hydrogens (primary N) is 1. The van der Waals surface area contributed by atoms with Crippen molar-refractivity contribution in [1.29, 1.82) is 0 Å². The van der Waals surface area contributed by atoms with Crippen molar-refractivity contribution in [2.75, 3.05) is 18.2 Å². The lowest BCUT2D eigenvalue weighted by Gasteiger charge is -2.17. The predicted octanol–water partition coefficient (Wildman–Crippen LogP) is 4.15. The van der Waals surface area contributed by atoms with Gasteiger partial charge in [0.2, 0.25) is 5.88 Å². The highest BCUT2D eigenvalue weighted by Crippen LogP contribution is 2.32. The smallest absolute Gasteiger partial charge is 0.213 e. The zero-order valence-corrected chi connectivity index (χ0v) is 12.7. The van der Waals surface area contributed by atoms with Gasteiger partial charge in [0, 0.05) is 12.1 Å². The van der Waals surface area contributed by atoms with Gasteiger partial charge in [0.1, 0.15) is 0 Å². The predicted molar refractivity (Wildman–Crippen MR) is 83.7 cm³/mol. The second kappa shape index (κ2) is 6.20. The minimum Gasteiger partial charge on any atom is -0.481 e. The number of methoxy groups -OCH3 is 1. The zero-order valence-electron chi connectivity index (χ0n) is 11.2. The number of hydrogen-bond donors (Lipinski definition) is 2. The summed E-state index contributed by atoms with van der Waals surface area (Å²) in [4.78, 5) is 4.14. The molecule has 1 atom stereocenters. The van der Waals surface area contributed by atoms with Crippen LogP contribution < -0.4 is 15.8 Å². The fourth-order valence-electron chi connectivity index (χ4n) is 1.77. The quantitative estimate of drug-likeness (QED) is 0.833. The van der Waals surface area contributed by atoms with E-state index in [1.165, 1.54) is 0 Å². The Bertz CT molecular complexity index is 579. The molecule has 6 heteroatoms. The van der Waals surface area contributed by atoms with Gasteiger partial charge >= 0.3 is 0 Å². The van der Waals surface area contributed by atoms with E-state index in [4.69, 9.17) is 33.7 Å². The average molecular weight is 312 g/mol. The molecular formula is C14H15Cl2N3O. The summed E-state index contributed by atoms with van der Waals surface area (Å²) in [5.41, 5.74) is 7.95. The lowest BCUT2D eigenvalue weighted by atomic mass is 10.1. The Morgan fingerprint density at radius 1 is 1.25 bits per heavy atom. The molecule has 0 fully saturated rings. The average Bonchev–Trinajstić information content (AvgIpc) is 2.45. The molecule has 0 aliphatic rings. The zero-order chi connectivity index (χ0) is 14.7. The van der Waals surface area contributed by atoms with Crippen LogP contribution in [0.1, 0.15) is 18.5 Å². The second-order valence-electron chi connectivity index (χ2n) is 4.35. The van der Waals surface area contributed by atoms with Crippen molar-refractivity contribution in [2.45, 2.75) is 13.0 Å². The fourth-order valence-corrected chi connectivity index (χ4v) is 2.28. The molecule has 0 saturated heterocycles. The van der Waals surface area contributed by atoms with E-state index in [2.05, 4.69) is 10.3 Å². The molecule has 2 aromatic rings. The molecule has 0 amide bonds. The van der Waals surface area contributed by atoms with Crippen molar-refractivity contribution in [3.05, 3.63) is 46.1 Å². The summed E-state index contributed by atoms with van der Waals surface area (Å²) in [7, 11) is 1.58. The molecule has 0 radical (unpaired) electrons. The number of pyridine rings is 1. The van der Waals surface area contributed by atoms with E-state index in [-0.39, 0.29) is 6.04 Å². The molecule has 1 aromatic heterocycles. The number of benzene rings is 1. The maximum Gasteiger partial charge on any atom is 0.213 e. The van der Waals surface area contributed by atoms with E-state index in [1.807, 2.05) is 13.0 Å². The second-order valence-corrected chi connectivity index (χ2v) is 5.17. The van der Waals surface area contributed by atoms with Gasteiger partial charge in [-0.05, 0) is 30.7 Å². The molecular weight excluding hydrogens is 297 g/mol. The molecule has 20 heavy (non-hydrogen) atoms. The number of nitrogens with one attached hydrogen (secondary N) is 1. The summed E-state index contributed by atoms with van der Waals surface area (Å²) in [5.74, 6) is 0.571. The third-order valence-corrected chi connectivity index (χ3v) is 3.56. The highest BCUT2D eigenvalue weighted by atomic mass is 35.5. The van der Waals surface area contributed by atoms with Gasteiger partial charge in [0.05, 0.1) is 34.7 Å². The van der Waals surface area contributed by atoms with Gasteiger partial charge in [-0.25, -0.2) is 4.98 Å². The first-order valence-corrected chi connectivity index (χ1v) is 6.78. The highest BCUT2D eigenvalue weighted by molar-refractivity contribution is 6.38. The van der Waals surface area contributed by atoms with Gasteiger partial charge < -0.3 is 15.8 Å². The lowest BCUT2D eigenvalue weighted by Crippen LogP contribution is -2.07. The van der Waals surface area contributed by atoms with E-state index in [9.17, 15) is 0 Å². The summed E-state index contributed by atoms with van der Waals surface area (Å²) < 4.78 is 5.02. The summed E-state index contributed by atoms with van der Waals surface area (Å²) in [6.07, 6.45) is 1.70. The molecule has 106 valence electrons. The number of halogens is 2. The monoisotopic (exact) mass is 311 g/mol. The summed E-state index contributed by atoms with van der Waals surface area (Å²) in [6.45, 7) is 2.00. The number of ether oxygens (including phenoxy) is 1. The van der Waals surface area contributed by atoms with Gasteiger partial charge in [-0.15, -0.1) is 0 Å². The van der Waals surface area contributed by atoms with E-state index >= 15 is 0 Å². The summed E-state index contributed by atoms with van der Waals surface area (Å²) in [5, 5.41) is 4.21. The van der Waals surface area contributed by atoms with Crippen LogP contribution in [0, 0.1) is 0 Å². The van der Waals surface area contributed by atoms with Crippen molar-refractivity contribution < 1.29 is 4.74 Å². The Labute approximate surface area is 127 Å². The first-order chi connectivity index (χ1) is 9.51. The Morgan fingerprint density at radius 2 is 1.90 bits per heavy atom. The van der Waals surface area contributed by atoms with Crippen LogP contribution in [0.15, 0.2) is 30.5 Å². The SMILES string of the molecule is COc1ccc(N[C@H](C)c2cc(Cl)c(N)c(Cl)c2)cn1. The normalized spacial score (nSPS) is 12.0. The molecule has 2 rings (SSSR count). The third kappa shape index (κ3) is 3.26. The summed E-state index contributed by atoms with van der Waals surface area (Å²) in [6, 6.07) is 7.30. The molecule has 0 saturated carbocycles. The van der Waals surface area contributed by atoms with E-state index in [0.717, 1.165) is 11.3 Å². The maximum absolute atomic E-state index is 6.04. The maximum atomic E-state index is 6.04. The van der Waals surface area contributed by atoms with Crippen molar-refractivity contribution in [2.24, 2.45) is 0 Å². The Balaban J connectivity index is 2.16. The first kappa shape index (κ1) is 14.8. The van der Waals surface area contributed by atoms with Gasteiger partial charge in [0.25, 0.3) is 0 Å². The molecule has 4 nitrogen and oxygen atoms in total. The number of rotatable bonds is 4. The third-order valence-electron chi connectivity index (χ3n) is 2.93. The van der Waals surface area contributed by atoms with Crippen LogP contribution in [0.2, 0.25) is 10.0 Å². The van der Waals surface area contributed by atoms with Crippen molar-refractivity contribution >= 4 is 34.6 Å². The molecule has 1 heterocycles. The molecule has 0 aliphatic heterocycles. The molecule has 1 aromatic carbocycles. The number of aromatic nitrogens is 1. The standard InChI is InChI=1S/C14H15Cl2N3O/c1-8(9-5-11(15)14(17)12(16)6-9)19-10-3-4-13(20-2)18-7-10/h3-8,19H,17H2,1-2H3/t8-/m1/s1. The van der Waals surface area contributed by atoms with Crippen LogP contribution in [-0.4, -0.2) is 12.1 Å². The van der Waals surface area contributed by atoms with E-state index in [1.54, 1.807) is 31.5 Å². The Kier molecular flexibility index (Phi) is 4.57. The fraction of sp³-hybridized carbons (Fsp3) is 0.214. The Hall–Kier alpha value is -1.65. The van der Waals surface area contributed by atoms with Crippen LogP contribution in [0.25, 0.3) is 0 Å². The summed E-state index contributed by atoms with van der Waals surface area (Å²) >= 11 is 12.1. The van der Waals surface area contributed by atoms with Gasteiger partial charge in [0.15, 0.2) is 0 Å². The van der Waals surface area contributed by atoms with E-state index in [0.29, 0.717) is 21.6 Å². The molecule has 0 aliphatic carbocycles. The van der Waals surface area contributed by atoms with Gasteiger partial charge in [-0.2, -0.15) is 0 Å². The number of hydrogen-bond acceptors (Lipinski definition) is 4.